The lowest BCUT2D eigenvalue weighted by molar-refractivity contribution is 0.0730. The SMILES string of the molecule is O=C(NCCC(c1ccccc1)c1ccccc1)c1cc(S(=O)(=O)N2CCOCC2)ccc1-n1ccnc1. The normalized spacial score (nSPS) is 14.4. The Balaban J connectivity index is 1.39. The monoisotopic (exact) mass is 530 g/mol. The number of hydrogen-bond donors (Lipinski definition) is 1. The van der Waals surface area contributed by atoms with E-state index in [1.54, 1.807) is 29.4 Å². The number of nitrogens with one attached hydrogen (secondary N) is 1. The Morgan fingerprint density at radius 1 is 0.947 bits per heavy atom. The number of carbonyl (C=O) groups is 1. The molecule has 0 atom stereocenters. The molecule has 8 nitrogen and oxygen atoms in total. The number of rotatable bonds is 9. The smallest absolute Gasteiger partial charge is 0.253 e. The van der Waals surface area contributed by atoms with Crippen LogP contribution >= 0.6 is 0 Å². The molecule has 0 bridgehead atoms. The second-order valence-corrected chi connectivity index (χ2v) is 11.0. The molecular weight excluding hydrogens is 500 g/mol. The van der Waals surface area contributed by atoms with Crippen molar-refractivity contribution in [3.05, 3.63) is 114 Å². The van der Waals surface area contributed by atoms with Crippen molar-refractivity contribution in [2.75, 3.05) is 32.8 Å². The maximum Gasteiger partial charge on any atom is 0.253 e. The molecule has 196 valence electrons. The van der Waals surface area contributed by atoms with Gasteiger partial charge in [-0.15, -0.1) is 0 Å². The molecule has 1 saturated heterocycles. The molecule has 3 aromatic carbocycles. The van der Waals surface area contributed by atoms with Crippen LogP contribution in [-0.4, -0.2) is 61.0 Å². The molecule has 1 aliphatic heterocycles. The zero-order valence-corrected chi connectivity index (χ0v) is 21.8. The highest BCUT2D eigenvalue weighted by Gasteiger charge is 2.28. The van der Waals surface area contributed by atoms with Gasteiger partial charge in [-0.25, -0.2) is 13.4 Å². The highest BCUT2D eigenvalue weighted by molar-refractivity contribution is 7.89. The van der Waals surface area contributed by atoms with E-state index >= 15 is 0 Å². The minimum atomic E-state index is -3.76. The fourth-order valence-corrected chi connectivity index (χ4v) is 6.18. The van der Waals surface area contributed by atoms with Crippen LogP contribution in [0.3, 0.4) is 0 Å². The number of morpholine rings is 1. The number of aromatic nitrogens is 2. The van der Waals surface area contributed by atoms with Crippen LogP contribution in [0.1, 0.15) is 33.8 Å². The molecule has 1 amide bonds. The number of nitrogens with zero attached hydrogens (tertiary/aromatic N) is 3. The van der Waals surface area contributed by atoms with Crippen LogP contribution in [0.4, 0.5) is 0 Å². The van der Waals surface area contributed by atoms with Gasteiger partial charge in [0.2, 0.25) is 10.0 Å². The van der Waals surface area contributed by atoms with E-state index in [2.05, 4.69) is 34.6 Å². The fraction of sp³-hybridized carbons (Fsp3) is 0.241. The van der Waals surface area contributed by atoms with Gasteiger partial charge in [0.05, 0.1) is 35.7 Å². The van der Waals surface area contributed by atoms with Gasteiger partial charge in [0.15, 0.2) is 0 Å². The van der Waals surface area contributed by atoms with Gasteiger partial charge in [-0.1, -0.05) is 60.7 Å². The van der Waals surface area contributed by atoms with Gasteiger partial charge in [-0.3, -0.25) is 4.79 Å². The first-order valence-corrected chi connectivity index (χ1v) is 14.1. The molecule has 0 radical (unpaired) electrons. The third kappa shape index (κ3) is 5.70. The molecule has 1 aromatic heterocycles. The maximum absolute atomic E-state index is 13.5. The summed E-state index contributed by atoms with van der Waals surface area (Å²) in [6.07, 6.45) is 5.61. The fourth-order valence-electron chi connectivity index (χ4n) is 4.74. The van der Waals surface area contributed by atoms with E-state index in [4.69, 9.17) is 4.74 Å². The van der Waals surface area contributed by atoms with Gasteiger partial charge >= 0.3 is 0 Å². The Morgan fingerprint density at radius 3 is 2.21 bits per heavy atom. The molecule has 9 heteroatoms. The van der Waals surface area contributed by atoms with E-state index in [9.17, 15) is 13.2 Å². The van der Waals surface area contributed by atoms with E-state index in [1.807, 2.05) is 36.4 Å². The van der Waals surface area contributed by atoms with Crippen molar-refractivity contribution < 1.29 is 17.9 Å². The summed E-state index contributed by atoms with van der Waals surface area (Å²) in [5, 5.41) is 3.03. The summed E-state index contributed by atoms with van der Waals surface area (Å²) < 4.78 is 35.0. The molecule has 0 spiro atoms. The van der Waals surface area contributed by atoms with Gasteiger partial charge in [0.1, 0.15) is 0 Å². The van der Waals surface area contributed by atoms with Crippen LogP contribution in [0.2, 0.25) is 0 Å². The summed E-state index contributed by atoms with van der Waals surface area (Å²) in [6, 6.07) is 25.1. The maximum atomic E-state index is 13.5. The van der Waals surface area contributed by atoms with Gasteiger partial charge in [-0.2, -0.15) is 4.31 Å². The summed E-state index contributed by atoms with van der Waals surface area (Å²) in [7, 11) is -3.76. The van der Waals surface area contributed by atoms with E-state index in [1.165, 1.54) is 27.6 Å². The number of ether oxygens (including phenoxy) is 1. The molecule has 38 heavy (non-hydrogen) atoms. The minimum absolute atomic E-state index is 0.0832. The third-order valence-electron chi connectivity index (χ3n) is 6.73. The molecule has 5 rings (SSSR count). The second kappa shape index (κ2) is 11.7. The van der Waals surface area contributed by atoms with Crippen LogP contribution in [0.15, 0.2) is 102 Å². The van der Waals surface area contributed by atoms with Gasteiger partial charge in [0.25, 0.3) is 5.91 Å². The van der Waals surface area contributed by atoms with Crippen LogP contribution < -0.4 is 5.32 Å². The number of carbonyl (C=O) groups excluding carboxylic acids is 1. The molecule has 0 aliphatic carbocycles. The highest BCUT2D eigenvalue weighted by atomic mass is 32.2. The second-order valence-electron chi connectivity index (χ2n) is 9.08. The zero-order valence-electron chi connectivity index (χ0n) is 20.9. The van der Waals surface area contributed by atoms with Crippen LogP contribution in [-0.2, 0) is 14.8 Å². The lowest BCUT2D eigenvalue weighted by atomic mass is 9.88. The molecule has 2 heterocycles. The molecule has 0 saturated carbocycles. The minimum Gasteiger partial charge on any atom is -0.379 e. The number of hydrogen-bond acceptors (Lipinski definition) is 5. The average molecular weight is 531 g/mol. The largest absolute Gasteiger partial charge is 0.379 e. The number of imidazole rings is 1. The average Bonchev–Trinajstić information content (AvgIpc) is 3.51. The first-order valence-electron chi connectivity index (χ1n) is 12.6. The Bertz CT molecular complexity index is 1410. The van der Waals surface area contributed by atoms with Crippen molar-refractivity contribution in [1.82, 2.24) is 19.2 Å². The molecule has 1 aliphatic rings. The van der Waals surface area contributed by atoms with Crippen LogP contribution in [0.25, 0.3) is 5.69 Å². The van der Waals surface area contributed by atoms with E-state index in [0.29, 0.717) is 31.9 Å². The number of sulfonamides is 1. The van der Waals surface area contributed by atoms with Crippen molar-refractivity contribution in [2.45, 2.75) is 17.2 Å². The van der Waals surface area contributed by atoms with E-state index < -0.39 is 10.0 Å². The van der Waals surface area contributed by atoms with Crippen LogP contribution in [0.5, 0.6) is 0 Å². The van der Waals surface area contributed by atoms with Crippen molar-refractivity contribution >= 4 is 15.9 Å². The number of amides is 1. The highest BCUT2D eigenvalue weighted by Crippen LogP contribution is 2.28. The topological polar surface area (TPSA) is 93.5 Å². The lowest BCUT2D eigenvalue weighted by Gasteiger charge is -2.26. The summed E-state index contributed by atoms with van der Waals surface area (Å²) in [6.45, 7) is 1.69. The van der Waals surface area contributed by atoms with Crippen molar-refractivity contribution in [3.63, 3.8) is 0 Å². The molecule has 1 fully saturated rings. The van der Waals surface area contributed by atoms with E-state index in [0.717, 1.165) is 0 Å². The first kappa shape index (κ1) is 25.8. The number of benzene rings is 3. The molecule has 1 N–H and O–H groups in total. The Morgan fingerprint density at radius 2 is 1.61 bits per heavy atom. The van der Waals surface area contributed by atoms with Gasteiger partial charge in [-0.05, 0) is 35.7 Å². The van der Waals surface area contributed by atoms with Crippen LogP contribution in [0, 0.1) is 0 Å². The predicted octanol–water partition coefficient (Wildman–Crippen LogP) is 3.85. The van der Waals surface area contributed by atoms with E-state index in [-0.39, 0.29) is 35.4 Å². The first-order chi connectivity index (χ1) is 18.5. The summed E-state index contributed by atoms with van der Waals surface area (Å²) in [5.74, 6) is -0.230. The summed E-state index contributed by atoms with van der Waals surface area (Å²) in [4.78, 5) is 17.7. The quantitative estimate of drug-likeness (QED) is 0.355. The van der Waals surface area contributed by atoms with Gasteiger partial charge < -0.3 is 14.6 Å². The van der Waals surface area contributed by atoms with Crippen molar-refractivity contribution in [2.24, 2.45) is 0 Å². The molecule has 0 unspecified atom stereocenters. The molecule has 4 aromatic rings. The Labute approximate surface area is 223 Å². The summed E-state index contributed by atoms with van der Waals surface area (Å²) >= 11 is 0. The third-order valence-corrected chi connectivity index (χ3v) is 8.62. The standard InChI is InChI=1S/C29H30N4O4S/c34-29(31-14-13-26(23-7-3-1-4-8-23)24-9-5-2-6-10-24)27-21-25(11-12-28(27)32-16-15-30-22-32)38(35,36)33-17-19-37-20-18-33/h1-12,15-16,21-22,26H,13-14,17-20H2,(H,31,34). The van der Waals surface area contributed by atoms with Crippen molar-refractivity contribution in [3.8, 4) is 5.69 Å². The lowest BCUT2D eigenvalue weighted by Crippen LogP contribution is -2.40. The molecular formula is C29H30N4O4S. The summed E-state index contributed by atoms with van der Waals surface area (Å²) in [5.41, 5.74) is 3.17. The Kier molecular flexibility index (Phi) is 7.97. The predicted molar refractivity (Wildman–Crippen MR) is 145 cm³/mol. The Hall–Kier alpha value is -3.79. The van der Waals surface area contributed by atoms with Crippen molar-refractivity contribution in [1.29, 1.82) is 0 Å². The zero-order chi connectivity index (χ0) is 26.4. The van der Waals surface area contributed by atoms with Gasteiger partial charge in [0, 0.05) is 37.9 Å².